The van der Waals surface area contributed by atoms with Crippen LogP contribution in [0.1, 0.15) is 24.0 Å². The largest absolute Gasteiger partial charge is 0.356 e. The van der Waals surface area contributed by atoms with Gasteiger partial charge in [-0.15, -0.1) is 0 Å². The molecule has 5 heteroatoms. The van der Waals surface area contributed by atoms with Gasteiger partial charge in [-0.25, -0.2) is 4.39 Å². The number of nitrogens with zero attached hydrogens (tertiary/aromatic N) is 2. The second kappa shape index (κ2) is 7.97. The summed E-state index contributed by atoms with van der Waals surface area (Å²) < 4.78 is 13.6. The highest BCUT2D eigenvalue weighted by molar-refractivity contribution is 5.82. The van der Waals surface area contributed by atoms with E-state index in [0.717, 1.165) is 54.8 Å². The fraction of sp³-hybridized carbons (Fsp3) is 0.304. The fourth-order valence-corrected chi connectivity index (χ4v) is 3.69. The van der Waals surface area contributed by atoms with Gasteiger partial charge in [-0.3, -0.25) is 9.98 Å². The molecule has 0 unspecified atom stereocenters. The molecule has 1 heterocycles. The summed E-state index contributed by atoms with van der Waals surface area (Å²) in [6.45, 7) is 1.52. The molecule has 0 bridgehead atoms. The first-order chi connectivity index (χ1) is 13.7. The van der Waals surface area contributed by atoms with Crippen molar-refractivity contribution in [2.24, 2.45) is 4.99 Å². The van der Waals surface area contributed by atoms with Gasteiger partial charge < -0.3 is 10.6 Å². The average molecular weight is 376 g/mol. The van der Waals surface area contributed by atoms with E-state index in [1.54, 1.807) is 19.2 Å². The maximum absolute atomic E-state index is 13.6. The van der Waals surface area contributed by atoms with Gasteiger partial charge in [-0.2, -0.15) is 0 Å². The Balaban J connectivity index is 1.33. The Morgan fingerprint density at radius 1 is 1.11 bits per heavy atom. The Morgan fingerprint density at radius 2 is 1.93 bits per heavy atom. The number of para-hydroxylation sites is 1. The van der Waals surface area contributed by atoms with Crippen molar-refractivity contribution in [3.05, 3.63) is 77.7 Å². The predicted molar refractivity (Wildman–Crippen MR) is 112 cm³/mol. The van der Waals surface area contributed by atoms with Crippen LogP contribution in [0.5, 0.6) is 0 Å². The standard InChI is InChI=1S/C23H25FN4/c1-25-22(28-16-23(11-12-23)19-8-3-9-20(24)15-19)27-14-10-18-6-2-5-17-7-4-13-26-21(17)18/h2-9,13,15H,10-12,14,16H2,1H3,(H2,25,27,28). The third kappa shape index (κ3) is 3.98. The van der Waals surface area contributed by atoms with E-state index in [-0.39, 0.29) is 11.2 Å². The molecule has 0 atom stereocenters. The highest BCUT2D eigenvalue weighted by atomic mass is 19.1. The lowest BCUT2D eigenvalue weighted by Gasteiger charge is -2.19. The van der Waals surface area contributed by atoms with Crippen LogP contribution in [-0.2, 0) is 11.8 Å². The molecule has 4 nitrogen and oxygen atoms in total. The predicted octanol–water partition coefficient (Wildman–Crippen LogP) is 3.81. The van der Waals surface area contributed by atoms with Gasteiger partial charge in [-0.1, -0.05) is 36.4 Å². The molecule has 1 aromatic heterocycles. The topological polar surface area (TPSA) is 49.3 Å². The summed E-state index contributed by atoms with van der Waals surface area (Å²) in [5.74, 6) is 0.603. The lowest BCUT2D eigenvalue weighted by Crippen LogP contribution is -2.42. The zero-order valence-corrected chi connectivity index (χ0v) is 16.1. The lowest BCUT2D eigenvalue weighted by molar-refractivity contribution is 0.607. The van der Waals surface area contributed by atoms with Gasteiger partial charge in [0.1, 0.15) is 5.82 Å². The van der Waals surface area contributed by atoms with Gasteiger partial charge in [0, 0.05) is 37.1 Å². The molecular weight excluding hydrogens is 351 g/mol. The quantitative estimate of drug-likeness (QED) is 0.508. The first-order valence-corrected chi connectivity index (χ1v) is 9.73. The fourth-order valence-electron chi connectivity index (χ4n) is 3.69. The molecule has 1 saturated carbocycles. The van der Waals surface area contributed by atoms with Gasteiger partial charge in [0.25, 0.3) is 0 Å². The van der Waals surface area contributed by atoms with Gasteiger partial charge in [-0.05, 0) is 48.6 Å². The van der Waals surface area contributed by atoms with Crippen LogP contribution >= 0.6 is 0 Å². The lowest BCUT2D eigenvalue weighted by atomic mass is 9.96. The summed E-state index contributed by atoms with van der Waals surface area (Å²) in [5, 5.41) is 7.96. The first-order valence-electron chi connectivity index (χ1n) is 9.73. The van der Waals surface area contributed by atoms with Crippen molar-refractivity contribution in [2.45, 2.75) is 24.7 Å². The summed E-state index contributed by atoms with van der Waals surface area (Å²) >= 11 is 0. The smallest absolute Gasteiger partial charge is 0.191 e. The minimum Gasteiger partial charge on any atom is -0.356 e. The molecule has 3 aromatic rings. The maximum Gasteiger partial charge on any atom is 0.191 e. The zero-order valence-electron chi connectivity index (χ0n) is 16.1. The second-order valence-corrected chi connectivity index (χ2v) is 7.39. The number of nitrogens with one attached hydrogen (secondary N) is 2. The van der Waals surface area contributed by atoms with Crippen LogP contribution in [0, 0.1) is 5.82 Å². The highest BCUT2D eigenvalue weighted by Crippen LogP contribution is 2.47. The summed E-state index contributed by atoms with van der Waals surface area (Å²) in [5.41, 5.74) is 3.37. The summed E-state index contributed by atoms with van der Waals surface area (Å²) in [6, 6.07) is 17.3. The number of hydrogen-bond donors (Lipinski definition) is 2. The molecule has 144 valence electrons. The molecule has 0 aliphatic heterocycles. The van der Waals surface area contributed by atoms with Crippen LogP contribution in [0.3, 0.4) is 0 Å². The minimum atomic E-state index is -0.171. The monoisotopic (exact) mass is 376 g/mol. The normalized spacial score (nSPS) is 15.4. The van der Waals surface area contributed by atoms with Crippen molar-refractivity contribution in [1.29, 1.82) is 0 Å². The van der Waals surface area contributed by atoms with Crippen LogP contribution < -0.4 is 10.6 Å². The SMILES string of the molecule is CN=C(NCCc1cccc2cccnc12)NCC1(c2cccc(F)c2)CC1. The van der Waals surface area contributed by atoms with Crippen LogP contribution in [-0.4, -0.2) is 31.1 Å². The van der Waals surface area contributed by atoms with E-state index in [9.17, 15) is 4.39 Å². The Hall–Kier alpha value is -2.95. The number of rotatable bonds is 6. The molecule has 0 radical (unpaired) electrons. The number of halogens is 1. The minimum absolute atomic E-state index is 0.0271. The van der Waals surface area contributed by atoms with Crippen molar-refractivity contribution in [2.75, 3.05) is 20.1 Å². The van der Waals surface area contributed by atoms with Crippen molar-refractivity contribution in [1.82, 2.24) is 15.6 Å². The molecule has 1 fully saturated rings. The van der Waals surface area contributed by atoms with E-state index in [1.165, 1.54) is 11.6 Å². The van der Waals surface area contributed by atoms with E-state index < -0.39 is 0 Å². The number of aromatic nitrogens is 1. The Labute approximate surface area is 164 Å². The number of fused-ring (bicyclic) bond motifs is 1. The van der Waals surface area contributed by atoms with Crippen LogP contribution in [0.2, 0.25) is 0 Å². The van der Waals surface area contributed by atoms with E-state index >= 15 is 0 Å². The molecule has 28 heavy (non-hydrogen) atoms. The second-order valence-electron chi connectivity index (χ2n) is 7.39. The summed E-state index contributed by atoms with van der Waals surface area (Å²) in [7, 11) is 1.77. The van der Waals surface area contributed by atoms with Gasteiger partial charge in [0.2, 0.25) is 0 Å². The molecule has 2 N–H and O–H groups in total. The zero-order chi connectivity index (χ0) is 19.4. The number of guanidine groups is 1. The van der Waals surface area contributed by atoms with Crippen molar-refractivity contribution >= 4 is 16.9 Å². The Kier molecular flexibility index (Phi) is 5.24. The Morgan fingerprint density at radius 3 is 2.71 bits per heavy atom. The molecule has 0 saturated heterocycles. The number of hydrogen-bond acceptors (Lipinski definition) is 2. The van der Waals surface area contributed by atoms with Crippen LogP contribution in [0.15, 0.2) is 65.8 Å². The molecule has 2 aromatic carbocycles. The molecule has 0 amide bonds. The van der Waals surface area contributed by atoms with Gasteiger partial charge in [0.05, 0.1) is 5.52 Å². The van der Waals surface area contributed by atoms with Crippen molar-refractivity contribution in [3.63, 3.8) is 0 Å². The highest BCUT2D eigenvalue weighted by Gasteiger charge is 2.44. The molecular formula is C23H25FN4. The number of aliphatic imine (C=N–C) groups is 1. The van der Waals surface area contributed by atoms with E-state index in [0.29, 0.717) is 0 Å². The van der Waals surface area contributed by atoms with Crippen molar-refractivity contribution < 1.29 is 4.39 Å². The van der Waals surface area contributed by atoms with E-state index in [1.807, 2.05) is 18.3 Å². The number of pyridine rings is 1. The Bertz CT molecular complexity index is 989. The molecule has 1 aliphatic rings. The third-order valence-electron chi connectivity index (χ3n) is 5.51. The van der Waals surface area contributed by atoms with Crippen LogP contribution in [0.4, 0.5) is 4.39 Å². The molecule has 1 aliphatic carbocycles. The maximum atomic E-state index is 13.6. The number of benzene rings is 2. The third-order valence-corrected chi connectivity index (χ3v) is 5.51. The van der Waals surface area contributed by atoms with Gasteiger partial charge in [0.15, 0.2) is 5.96 Å². The van der Waals surface area contributed by atoms with Crippen molar-refractivity contribution in [3.8, 4) is 0 Å². The van der Waals surface area contributed by atoms with Gasteiger partial charge >= 0.3 is 0 Å². The van der Waals surface area contributed by atoms with Crippen LogP contribution in [0.25, 0.3) is 10.9 Å². The molecule has 4 rings (SSSR count). The average Bonchev–Trinajstić information content (AvgIpc) is 3.52. The summed E-state index contributed by atoms with van der Waals surface area (Å²) in [4.78, 5) is 8.84. The summed E-state index contributed by atoms with van der Waals surface area (Å²) in [6.07, 6.45) is 4.84. The first kappa shape index (κ1) is 18.4. The van der Waals surface area contributed by atoms with E-state index in [2.05, 4.69) is 44.9 Å². The molecule has 0 spiro atoms. The van der Waals surface area contributed by atoms with E-state index in [4.69, 9.17) is 0 Å².